The van der Waals surface area contributed by atoms with Crippen LogP contribution in [0.2, 0.25) is 0 Å². The van der Waals surface area contributed by atoms with E-state index in [0.717, 1.165) is 53.7 Å². The number of thioether (sulfide) groups is 1. The number of aryl methyl sites for hydroxylation is 1. The lowest BCUT2D eigenvalue weighted by Crippen LogP contribution is -2.17. The van der Waals surface area contributed by atoms with Crippen LogP contribution in [0.5, 0.6) is 5.75 Å². The predicted octanol–water partition coefficient (Wildman–Crippen LogP) is 4.37. The maximum Gasteiger partial charge on any atom is 0.290 e. The van der Waals surface area contributed by atoms with E-state index in [4.69, 9.17) is 4.74 Å². The lowest BCUT2D eigenvalue weighted by Gasteiger charge is -2.07. The number of carbonyl (C=O) groups is 2. The third kappa shape index (κ3) is 5.69. The number of benzene rings is 1. The van der Waals surface area contributed by atoms with Gasteiger partial charge in [0.1, 0.15) is 5.75 Å². The van der Waals surface area contributed by atoms with Gasteiger partial charge in [0.05, 0.1) is 11.5 Å². The van der Waals surface area contributed by atoms with Crippen LogP contribution in [-0.2, 0) is 17.6 Å². The van der Waals surface area contributed by atoms with E-state index in [2.05, 4.69) is 29.4 Å². The minimum absolute atomic E-state index is 0.335. The lowest BCUT2D eigenvalue weighted by atomic mass is 10.1. The van der Waals surface area contributed by atoms with Crippen molar-refractivity contribution in [2.75, 3.05) is 6.61 Å². The first kappa shape index (κ1) is 19.2. The van der Waals surface area contributed by atoms with E-state index in [0.29, 0.717) is 11.5 Å². The standard InChI is InChI=1S/C21H22N2O3S/c1-2-3-5-16-6-4-7-17(22-16)12-13-26-18-10-8-15(9-11-18)14-19-20(24)23-21(25)27-19/h4,6-11,14H,2-3,5,12-13H2,1H3,(H,23,24,25). The van der Waals surface area contributed by atoms with E-state index >= 15 is 0 Å². The van der Waals surface area contributed by atoms with Crippen molar-refractivity contribution in [2.45, 2.75) is 32.6 Å². The van der Waals surface area contributed by atoms with Gasteiger partial charge in [0.2, 0.25) is 0 Å². The van der Waals surface area contributed by atoms with Crippen LogP contribution in [0.4, 0.5) is 4.79 Å². The molecule has 1 saturated heterocycles. The summed E-state index contributed by atoms with van der Waals surface area (Å²) in [6.07, 6.45) is 5.79. The maximum absolute atomic E-state index is 11.6. The Morgan fingerprint density at radius 2 is 1.81 bits per heavy atom. The number of hydrogen-bond donors (Lipinski definition) is 1. The molecule has 0 radical (unpaired) electrons. The van der Waals surface area contributed by atoms with Gasteiger partial charge in [0.25, 0.3) is 11.1 Å². The summed E-state index contributed by atoms with van der Waals surface area (Å²) in [5.74, 6) is 0.415. The Bertz CT molecular complexity index is 847. The molecule has 3 rings (SSSR count). The van der Waals surface area contributed by atoms with Gasteiger partial charge in [-0.3, -0.25) is 19.9 Å². The van der Waals surface area contributed by atoms with Crippen molar-refractivity contribution in [3.63, 3.8) is 0 Å². The maximum atomic E-state index is 11.6. The van der Waals surface area contributed by atoms with Crippen molar-refractivity contribution in [1.82, 2.24) is 10.3 Å². The molecule has 1 N–H and O–H groups in total. The van der Waals surface area contributed by atoms with Gasteiger partial charge in [-0.1, -0.05) is 31.5 Å². The second kappa shape index (κ2) is 9.37. The van der Waals surface area contributed by atoms with Gasteiger partial charge >= 0.3 is 0 Å². The highest BCUT2D eigenvalue weighted by Gasteiger charge is 2.24. The molecule has 1 aromatic heterocycles. The fraction of sp³-hybridized carbons (Fsp3) is 0.286. The van der Waals surface area contributed by atoms with Crippen molar-refractivity contribution >= 4 is 29.0 Å². The zero-order valence-electron chi connectivity index (χ0n) is 15.2. The molecule has 1 aliphatic heterocycles. The van der Waals surface area contributed by atoms with Gasteiger partial charge in [-0.25, -0.2) is 0 Å². The van der Waals surface area contributed by atoms with E-state index in [9.17, 15) is 9.59 Å². The normalized spacial score (nSPS) is 15.2. The summed E-state index contributed by atoms with van der Waals surface area (Å²) >= 11 is 0.913. The van der Waals surface area contributed by atoms with Gasteiger partial charge in [0.15, 0.2) is 0 Å². The molecule has 0 aliphatic carbocycles. The van der Waals surface area contributed by atoms with Crippen LogP contribution in [0.25, 0.3) is 6.08 Å². The van der Waals surface area contributed by atoms with Crippen LogP contribution in [0.15, 0.2) is 47.4 Å². The van der Waals surface area contributed by atoms with E-state index in [1.165, 1.54) is 6.42 Å². The molecule has 0 unspecified atom stereocenters. The summed E-state index contributed by atoms with van der Waals surface area (Å²) in [4.78, 5) is 27.8. The zero-order valence-corrected chi connectivity index (χ0v) is 16.1. The molecule has 2 heterocycles. The molecule has 0 bridgehead atoms. The zero-order chi connectivity index (χ0) is 19.1. The average Bonchev–Trinajstić information content (AvgIpc) is 2.99. The molecule has 1 aliphatic rings. The molecule has 140 valence electrons. The lowest BCUT2D eigenvalue weighted by molar-refractivity contribution is -0.115. The summed E-state index contributed by atoms with van der Waals surface area (Å²) in [5.41, 5.74) is 3.03. The van der Waals surface area contributed by atoms with Crippen LogP contribution in [-0.4, -0.2) is 22.7 Å². The topological polar surface area (TPSA) is 68.3 Å². The van der Waals surface area contributed by atoms with E-state index in [1.807, 2.05) is 30.3 Å². The highest BCUT2D eigenvalue weighted by Crippen LogP contribution is 2.26. The summed E-state index contributed by atoms with van der Waals surface area (Å²) in [6, 6.07) is 13.6. The third-order valence-electron chi connectivity index (χ3n) is 4.10. The Hall–Kier alpha value is -2.60. The van der Waals surface area contributed by atoms with E-state index in [1.54, 1.807) is 6.08 Å². The minimum atomic E-state index is -0.348. The molecule has 2 amide bonds. The van der Waals surface area contributed by atoms with Gasteiger partial charge in [-0.2, -0.15) is 0 Å². The Morgan fingerprint density at radius 1 is 1.07 bits per heavy atom. The van der Waals surface area contributed by atoms with Crippen molar-refractivity contribution < 1.29 is 14.3 Å². The second-order valence-corrected chi connectivity index (χ2v) is 7.26. The number of ether oxygens (including phenoxy) is 1. The first-order valence-corrected chi connectivity index (χ1v) is 9.88. The Morgan fingerprint density at radius 3 is 2.48 bits per heavy atom. The molecule has 0 spiro atoms. The quantitative estimate of drug-likeness (QED) is 0.687. The smallest absolute Gasteiger partial charge is 0.290 e. The van der Waals surface area contributed by atoms with Crippen molar-refractivity contribution in [3.05, 3.63) is 64.3 Å². The number of imide groups is 1. The molecule has 6 heteroatoms. The number of rotatable bonds is 8. The summed E-state index contributed by atoms with van der Waals surface area (Å²) in [5, 5.41) is 1.91. The molecular formula is C21H22N2O3S. The summed E-state index contributed by atoms with van der Waals surface area (Å²) in [6.45, 7) is 2.73. The van der Waals surface area contributed by atoms with E-state index < -0.39 is 0 Å². The number of unbranched alkanes of at least 4 members (excludes halogenated alkanes) is 1. The summed E-state index contributed by atoms with van der Waals surface area (Å²) < 4.78 is 5.79. The molecule has 5 nitrogen and oxygen atoms in total. The highest BCUT2D eigenvalue weighted by atomic mass is 32.2. The van der Waals surface area contributed by atoms with Crippen LogP contribution in [0.3, 0.4) is 0 Å². The first-order chi connectivity index (χ1) is 13.1. The molecule has 1 aromatic carbocycles. The van der Waals surface area contributed by atoms with Gasteiger partial charge in [-0.05, 0) is 60.5 Å². The van der Waals surface area contributed by atoms with Crippen molar-refractivity contribution in [1.29, 1.82) is 0 Å². The highest BCUT2D eigenvalue weighted by molar-refractivity contribution is 8.18. The number of nitrogens with one attached hydrogen (secondary N) is 1. The number of nitrogens with zero attached hydrogens (tertiary/aromatic N) is 1. The van der Waals surface area contributed by atoms with Crippen molar-refractivity contribution in [2.24, 2.45) is 0 Å². The Kier molecular flexibility index (Phi) is 6.65. The molecule has 27 heavy (non-hydrogen) atoms. The number of pyridine rings is 1. The third-order valence-corrected chi connectivity index (χ3v) is 4.91. The van der Waals surface area contributed by atoms with Crippen LogP contribution < -0.4 is 10.1 Å². The molecule has 1 fully saturated rings. The second-order valence-electron chi connectivity index (χ2n) is 6.24. The first-order valence-electron chi connectivity index (χ1n) is 9.06. The molecule has 2 aromatic rings. The molecule has 0 saturated carbocycles. The number of hydrogen-bond acceptors (Lipinski definition) is 5. The number of carbonyl (C=O) groups excluding carboxylic acids is 2. The SMILES string of the molecule is CCCCc1cccc(CCOc2ccc(C=C3SC(=O)NC3=O)cc2)n1. The van der Waals surface area contributed by atoms with Crippen LogP contribution >= 0.6 is 11.8 Å². The Labute approximate surface area is 163 Å². The Balaban J connectivity index is 1.51. The van der Waals surface area contributed by atoms with Gasteiger partial charge in [0, 0.05) is 17.8 Å². The molecular weight excluding hydrogens is 360 g/mol. The fourth-order valence-corrected chi connectivity index (χ4v) is 3.35. The monoisotopic (exact) mass is 382 g/mol. The average molecular weight is 382 g/mol. The van der Waals surface area contributed by atoms with Gasteiger partial charge in [-0.15, -0.1) is 0 Å². The van der Waals surface area contributed by atoms with Crippen LogP contribution in [0.1, 0.15) is 36.7 Å². The summed E-state index contributed by atoms with van der Waals surface area (Å²) in [7, 11) is 0. The van der Waals surface area contributed by atoms with Crippen molar-refractivity contribution in [3.8, 4) is 5.75 Å². The molecule has 0 atom stereocenters. The minimum Gasteiger partial charge on any atom is -0.493 e. The fourth-order valence-electron chi connectivity index (χ4n) is 2.67. The van der Waals surface area contributed by atoms with Crippen LogP contribution in [0, 0.1) is 0 Å². The number of aromatic nitrogens is 1. The number of amides is 2. The van der Waals surface area contributed by atoms with E-state index in [-0.39, 0.29) is 11.1 Å². The van der Waals surface area contributed by atoms with Gasteiger partial charge < -0.3 is 4.74 Å². The predicted molar refractivity (Wildman–Crippen MR) is 108 cm³/mol. The largest absolute Gasteiger partial charge is 0.493 e.